The Morgan fingerprint density at radius 2 is 1.88 bits per heavy atom. The van der Waals surface area contributed by atoms with E-state index in [1.807, 2.05) is 42.6 Å². The molecule has 3 aromatic rings. The number of thioether (sulfide) groups is 1. The number of aryl methyl sites for hydroxylation is 1. The maximum Gasteiger partial charge on any atom is 0.339 e. The van der Waals surface area contributed by atoms with Gasteiger partial charge in [-0.05, 0) is 31.2 Å². The van der Waals surface area contributed by atoms with Gasteiger partial charge in [0, 0.05) is 48.4 Å². The van der Waals surface area contributed by atoms with Gasteiger partial charge in [0.2, 0.25) is 0 Å². The number of piperazine rings is 1. The number of anilines is 1. The van der Waals surface area contributed by atoms with E-state index >= 15 is 0 Å². The zero-order valence-electron chi connectivity index (χ0n) is 17.8. The van der Waals surface area contributed by atoms with Crippen LogP contribution >= 0.6 is 23.1 Å². The first-order chi connectivity index (χ1) is 15.6. The summed E-state index contributed by atoms with van der Waals surface area (Å²) >= 11 is 3.15. The third-order valence-electron chi connectivity index (χ3n) is 5.08. The lowest BCUT2D eigenvalue weighted by Gasteiger charge is -2.35. The van der Waals surface area contributed by atoms with E-state index in [0.717, 1.165) is 21.4 Å². The predicted molar refractivity (Wildman–Crippen MR) is 126 cm³/mol. The van der Waals surface area contributed by atoms with E-state index in [-0.39, 0.29) is 12.5 Å². The van der Waals surface area contributed by atoms with E-state index < -0.39 is 5.97 Å². The van der Waals surface area contributed by atoms with Crippen LogP contribution in [-0.2, 0) is 15.3 Å². The van der Waals surface area contributed by atoms with Crippen molar-refractivity contribution >= 4 is 40.8 Å². The van der Waals surface area contributed by atoms with E-state index in [4.69, 9.17) is 4.74 Å². The van der Waals surface area contributed by atoms with Crippen molar-refractivity contribution in [2.75, 3.05) is 37.7 Å². The van der Waals surface area contributed by atoms with E-state index in [0.29, 0.717) is 37.5 Å². The van der Waals surface area contributed by atoms with Crippen LogP contribution in [0.2, 0.25) is 0 Å². The zero-order chi connectivity index (χ0) is 22.3. The van der Waals surface area contributed by atoms with Crippen LogP contribution in [0.15, 0.2) is 58.9 Å². The number of amides is 1. The standard InChI is InChI=1S/C23H24N4O3S2/c1-17-25-18(15-31-17)16-32-20-7-3-2-6-19(20)23(29)30-14-22(28)27-12-10-26(11-13-27)21-8-4-5-9-24-21/h2-9,15H,10-14,16H2,1H3. The third kappa shape index (κ3) is 5.66. The molecule has 9 heteroatoms. The summed E-state index contributed by atoms with van der Waals surface area (Å²) in [6.07, 6.45) is 1.76. The molecule has 0 radical (unpaired) electrons. The first-order valence-corrected chi connectivity index (χ1v) is 12.2. The lowest BCUT2D eigenvalue weighted by atomic mass is 10.2. The fourth-order valence-corrected chi connectivity index (χ4v) is 5.06. The summed E-state index contributed by atoms with van der Waals surface area (Å²) in [6.45, 7) is 4.27. The molecule has 0 N–H and O–H groups in total. The molecule has 1 amide bonds. The van der Waals surface area contributed by atoms with Crippen LogP contribution in [0, 0.1) is 6.92 Å². The fraction of sp³-hybridized carbons (Fsp3) is 0.304. The van der Waals surface area contributed by atoms with Gasteiger partial charge in [-0.15, -0.1) is 23.1 Å². The Hall–Kier alpha value is -2.91. The molecule has 2 aromatic heterocycles. The van der Waals surface area contributed by atoms with Crippen LogP contribution in [0.25, 0.3) is 0 Å². The Morgan fingerprint density at radius 3 is 2.59 bits per heavy atom. The van der Waals surface area contributed by atoms with Crippen LogP contribution in [0.3, 0.4) is 0 Å². The molecule has 4 rings (SSSR count). The number of benzene rings is 1. The number of hydrogen-bond acceptors (Lipinski definition) is 8. The molecule has 32 heavy (non-hydrogen) atoms. The second-order valence-corrected chi connectivity index (χ2v) is 9.35. The molecule has 1 aromatic carbocycles. The number of aromatic nitrogens is 2. The lowest BCUT2D eigenvalue weighted by Crippen LogP contribution is -2.50. The summed E-state index contributed by atoms with van der Waals surface area (Å²) in [6, 6.07) is 13.1. The summed E-state index contributed by atoms with van der Waals surface area (Å²) in [4.78, 5) is 38.8. The van der Waals surface area contributed by atoms with Gasteiger partial charge in [0.15, 0.2) is 6.61 Å². The van der Waals surface area contributed by atoms with Gasteiger partial charge in [-0.3, -0.25) is 4.79 Å². The number of nitrogens with zero attached hydrogens (tertiary/aromatic N) is 4. The van der Waals surface area contributed by atoms with Gasteiger partial charge in [-0.25, -0.2) is 14.8 Å². The van der Waals surface area contributed by atoms with Gasteiger partial charge in [0.25, 0.3) is 5.91 Å². The number of thiazole rings is 1. The number of carbonyl (C=O) groups is 2. The molecule has 0 saturated carbocycles. The lowest BCUT2D eigenvalue weighted by molar-refractivity contribution is -0.134. The van der Waals surface area contributed by atoms with Crippen molar-refractivity contribution in [3.05, 3.63) is 70.3 Å². The third-order valence-corrected chi connectivity index (χ3v) is 7.01. The highest BCUT2D eigenvalue weighted by atomic mass is 32.2. The van der Waals surface area contributed by atoms with E-state index in [1.165, 1.54) is 11.8 Å². The highest BCUT2D eigenvalue weighted by molar-refractivity contribution is 7.98. The summed E-state index contributed by atoms with van der Waals surface area (Å²) in [5.74, 6) is 0.923. The fourth-order valence-electron chi connectivity index (χ4n) is 3.41. The maximum atomic E-state index is 12.7. The average Bonchev–Trinajstić information content (AvgIpc) is 3.27. The monoisotopic (exact) mass is 468 g/mol. The predicted octanol–water partition coefficient (Wildman–Crippen LogP) is 3.64. The SMILES string of the molecule is Cc1nc(CSc2ccccc2C(=O)OCC(=O)N2CCN(c3ccccn3)CC2)cs1. The molecular weight excluding hydrogens is 444 g/mol. The number of rotatable bonds is 7. The van der Waals surface area contributed by atoms with Gasteiger partial charge < -0.3 is 14.5 Å². The molecule has 1 aliphatic heterocycles. The van der Waals surface area contributed by atoms with Crippen LogP contribution in [0.4, 0.5) is 5.82 Å². The van der Waals surface area contributed by atoms with Gasteiger partial charge >= 0.3 is 5.97 Å². The number of carbonyl (C=O) groups excluding carboxylic acids is 2. The smallest absolute Gasteiger partial charge is 0.339 e. The molecular formula is C23H24N4O3S2. The van der Waals surface area contributed by atoms with Crippen molar-refractivity contribution in [2.45, 2.75) is 17.6 Å². The van der Waals surface area contributed by atoms with E-state index in [9.17, 15) is 9.59 Å². The Bertz CT molecular complexity index is 1070. The molecule has 0 spiro atoms. The van der Waals surface area contributed by atoms with Crippen LogP contribution in [0.5, 0.6) is 0 Å². The van der Waals surface area contributed by atoms with Crippen molar-refractivity contribution in [1.29, 1.82) is 0 Å². The molecule has 0 aliphatic carbocycles. The summed E-state index contributed by atoms with van der Waals surface area (Å²) in [5, 5.41) is 3.04. The minimum absolute atomic E-state index is 0.179. The van der Waals surface area contributed by atoms with Crippen molar-refractivity contribution in [1.82, 2.24) is 14.9 Å². The summed E-state index contributed by atoms with van der Waals surface area (Å²) in [7, 11) is 0. The second-order valence-electron chi connectivity index (χ2n) is 7.27. The number of esters is 1. The summed E-state index contributed by atoms with van der Waals surface area (Å²) in [5.41, 5.74) is 1.46. The Kier molecular flexibility index (Phi) is 7.39. The highest BCUT2D eigenvalue weighted by Gasteiger charge is 2.23. The molecule has 1 aliphatic rings. The zero-order valence-corrected chi connectivity index (χ0v) is 19.4. The minimum Gasteiger partial charge on any atom is -0.452 e. The van der Waals surface area contributed by atoms with E-state index in [1.54, 1.807) is 34.6 Å². The number of ether oxygens (including phenoxy) is 1. The molecule has 0 atom stereocenters. The quantitative estimate of drug-likeness (QED) is 0.387. The van der Waals surface area contributed by atoms with Crippen LogP contribution in [0.1, 0.15) is 21.1 Å². The Balaban J connectivity index is 1.28. The van der Waals surface area contributed by atoms with Crippen LogP contribution < -0.4 is 4.90 Å². The van der Waals surface area contributed by atoms with Crippen molar-refractivity contribution < 1.29 is 14.3 Å². The van der Waals surface area contributed by atoms with Gasteiger partial charge in [-0.2, -0.15) is 0 Å². The molecule has 0 bridgehead atoms. The maximum absolute atomic E-state index is 12.7. The second kappa shape index (κ2) is 10.6. The van der Waals surface area contributed by atoms with Crippen molar-refractivity contribution in [3.8, 4) is 0 Å². The normalized spacial score (nSPS) is 13.8. The molecule has 3 heterocycles. The molecule has 166 valence electrons. The number of pyridine rings is 1. The minimum atomic E-state index is -0.483. The Morgan fingerprint density at radius 1 is 1.09 bits per heavy atom. The topological polar surface area (TPSA) is 75.6 Å². The van der Waals surface area contributed by atoms with Gasteiger partial charge in [0.05, 0.1) is 16.3 Å². The Labute approximate surface area is 195 Å². The van der Waals surface area contributed by atoms with Gasteiger partial charge in [0.1, 0.15) is 5.82 Å². The summed E-state index contributed by atoms with van der Waals surface area (Å²) < 4.78 is 5.37. The highest BCUT2D eigenvalue weighted by Crippen LogP contribution is 2.27. The van der Waals surface area contributed by atoms with E-state index in [2.05, 4.69) is 14.9 Å². The number of hydrogen-bond donors (Lipinski definition) is 0. The molecule has 7 nitrogen and oxygen atoms in total. The first kappa shape index (κ1) is 22.3. The molecule has 1 fully saturated rings. The molecule has 1 saturated heterocycles. The van der Waals surface area contributed by atoms with Crippen molar-refractivity contribution in [2.24, 2.45) is 0 Å². The van der Waals surface area contributed by atoms with Gasteiger partial charge in [-0.1, -0.05) is 18.2 Å². The average molecular weight is 469 g/mol. The largest absolute Gasteiger partial charge is 0.452 e. The first-order valence-electron chi connectivity index (χ1n) is 10.3. The molecule has 0 unspecified atom stereocenters. The van der Waals surface area contributed by atoms with Crippen LogP contribution in [-0.4, -0.2) is 59.5 Å². The van der Waals surface area contributed by atoms with Crippen molar-refractivity contribution in [3.63, 3.8) is 0 Å².